The predicted octanol–water partition coefficient (Wildman–Crippen LogP) is 3.08. The maximum atomic E-state index is 10.5. The van der Waals surface area contributed by atoms with Crippen LogP contribution in [-0.2, 0) is 0 Å². The van der Waals surface area contributed by atoms with Crippen molar-refractivity contribution < 1.29 is 9.53 Å². The Morgan fingerprint density at radius 2 is 1.88 bits per heavy atom. The molecule has 0 aliphatic rings. The number of carbonyl (C=O) groups is 1. The molecule has 0 aliphatic heterocycles. The van der Waals surface area contributed by atoms with Crippen LogP contribution in [0.1, 0.15) is 30.6 Å². The van der Waals surface area contributed by atoms with E-state index < -0.39 is 0 Å². The van der Waals surface area contributed by atoms with Gasteiger partial charge in [0.1, 0.15) is 12.0 Å². The van der Waals surface area contributed by atoms with Crippen molar-refractivity contribution in [2.24, 2.45) is 0 Å². The Balaban J connectivity index is 2.90. The maximum absolute atomic E-state index is 10.5. The summed E-state index contributed by atoms with van der Waals surface area (Å²) in [7, 11) is 3.91. The quantitative estimate of drug-likeness (QED) is 0.578. The van der Waals surface area contributed by atoms with E-state index in [9.17, 15) is 4.79 Å². The number of carbonyl (C=O) groups excluding carboxylic acids is 1. The monoisotopic (exact) mass is 233 g/mol. The summed E-state index contributed by atoms with van der Waals surface area (Å²) in [5.41, 5.74) is 1.84. The highest BCUT2D eigenvalue weighted by Crippen LogP contribution is 2.18. The number of hydrogen-bond donors (Lipinski definition) is 0. The molecule has 0 heterocycles. The average Bonchev–Trinajstić information content (AvgIpc) is 2.35. The summed E-state index contributed by atoms with van der Waals surface area (Å²) < 4.78 is 5.82. The second-order valence-corrected chi connectivity index (χ2v) is 4.12. The summed E-state index contributed by atoms with van der Waals surface area (Å²) in [6, 6.07) is 7.10. The molecule has 0 aliphatic carbocycles. The molecule has 0 amide bonds. The molecular weight excluding hydrogens is 214 g/mol. The third-order valence-electron chi connectivity index (χ3n) is 2.53. The predicted molar refractivity (Wildman–Crippen MR) is 69.1 cm³/mol. The van der Waals surface area contributed by atoms with Crippen LogP contribution in [-0.4, -0.2) is 25.3 Å². The number of rotatable bonds is 5. The first-order chi connectivity index (χ1) is 8.08. The lowest BCUT2D eigenvalue weighted by Crippen LogP contribution is -2.18. The Labute approximate surface area is 103 Å². The lowest BCUT2D eigenvalue weighted by atomic mass is 10.2. The van der Waals surface area contributed by atoms with E-state index in [2.05, 4.69) is 13.8 Å². The molecule has 92 valence electrons. The molecule has 0 aromatic heterocycles. The average molecular weight is 233 g/mol. The van der Waals surface area contributed by atoms with Gasteiger partial charge >= 0.3 is 0 Å². The molecule has 0 saturated heterocycles. The van der Waals surface area contributed by atoms with Crippen molar-refractivity contribution in [1.82, 2.24) is 4.90 Å². The molecule has 3 nitrogen and oxygen atoms in total. The van der Waals surface area contributed by atoms with E-state index in [1.54, 1.807) is 24.3 Å². The van der Waals surface area contributed by atoms with E-state index >= 15 is 0 Å². The van der Waals surface area contributed by atoms with E-state index in [-0.39, 0.29) is 0 Å². The van der Waals surface area contributed by atoms with E-state index in [1.807, 2.05) is 19.0 Å². The van der Waals surface area contributed by atoms with Gasteiger partial charge in [0.05, 0.1) is 0 Å². The van der Waals surface area contributed by atoms with Crippen molar-refractivity contribution in [3.05, 3.63) is 41.3 Å². The van der Waals surface area contributed by atoms with Crippen molar-refractivity contribution >= 4 is 6.29 Å². The fourth-order valence-corrected chi connectivity index (χ4v) is 1.44. The molecule has 0 radical (unpaired) electrons. The van der Waals surface area contributed by atoms with Gasteiger partial charge in [-0.3, -0.25) is 4.79 Å². The summed E-state index contributed by atoms with van der Waals surface area (Å²) in [4.78, 5) is 12.5. The molecule has 0 N–H and O–H groups in total. The molecule has 0 bridgehead atoms. The van der Waals surface area contributed by atoms with Gasteiger partial charge in [-0.15, -0.1) is 0 Å². The van der Waals surface area contributed by atoms with Crippen molar-refractivity contribution in [2.45, 2.75) is 20.3 Å². The summed E-state index contributed by atoms with van der Waals surface area (Å²) in [6.45, 7) is 4.15. The third kappa shape index (κ3) is 3.63. The van der Waals surface area contributed by atoms with Crippen LogP contribution >= 0.6 is 0 Å². The third-order valence-corrected chi connectivity index (χ3v) is 2.53. The van der Waals surface area contributed by atoms with E-state index in [1.165, 1.54) is 5.57 Å². The van der Waals surface area contributed by atoms with Crippen molar-refractivity contribution in [3.8, 4) is 5.75 Å². The van der Waals surface area contributed by atoms with Crippen LogP contribution in [0.2, 0.25) is 0 Å². The summed E-state index contributed by atoms with van der Waals surface area (Å²) >= 11 is 0. The number of allylic oxidation sites excluding steroid dienone is 1. The Kier molecular flexibility index (Phi) is 4.76. The zero-order valence-corrected chi connectivity index (χ0v) is 10.9. The van der Waals surface area contributed by atoms with Gasteiger partial charge in [-0.2, -0.15) is 0 Å². The Morgan fingerprint density at radius 3 is 2.29 bits per heavy atom. The van der Waals surface area contributed by atoms with Crippen LogP contribution < -0.4 is 4.74 Å². The van der Waals surface area contributed by atoms with Gasteiger partial charge in [0.2, 0.25) is 0 Å². The summed E-state index contributed by atoms with van der Waals surface area (Å²) in [5.74, 6) is 1.60. The Morgan fingerprint density at radius 1 is 1.29 bits per heavy atom. The lowest BCUT2D eigenvalue weighted by molar-refractivity contribution is 0.112. The van der Waals surface area contributed by atoms with Gasteiger partial charge in [-0.1, -0.05) is 6.92 Å². The van der Waals surface area contributed by atoms with Crippen LogP contribution in [0.3, 0.4) is 0 Å². The van der Waals surface area contributed by atoms with Gasteiger partial charge in [-0.25, -0.2) is 0 Å². The first kappa shape index (κ1) is 13.3. The van der Waals surface area contributed by atoms with Gasteiger partial charge in [-0.05, 0) is 43.2 Å². The van der Waals surface area contributed by atoms with Crippen molar-refractivity contribution in [2.75, 3.05) is 14.1 Å². The number of hydrogen-bond acceptors (Lipinski definition) is 3. The fraction of sp³-hybridized carbons (Fsp3) is 0.357. The molecule has 1 aromatic carbocycles. The molecule has 0 spiro atoms. The zero-order valence-electron chi connectivity index (χ0n) is 10.9. The van der Waals surface area contributed by atoms with Gasteiger partial charge < -0.3 is 9.64 Å². The topological polar surface area (TPSA) is 29.5 Å². The van der Waals surface area contributed by atoms with Crippen LogP contribution in [0.5, 0.6) is 5.75 Å². The molecule has 3 heteroatoms. The number of benzene rings is 1. The van der Waals surface area contributed by atoms with Crippen LogP contribution in [0.25, 0.3) is 0 Å². The Bertz CT molecular complexity index is 405. The minimum atomic E-state index is 0.653. The molecule has 1 rings (SSSR count). The first-order valence-corrected chi connectivity index (χ1v) is 5.68. The van der Waals surface area contributed by atoms with Crippen LogP contribution in [0.4, 0.5) is 0 Å². The lowest BCUT2D eigenvalue weighted by Gasteiger charge is -2.20. The molecular formula is C14H19NO2. The number of ether oxygens (including phenoxy) is 1. The van der Waals surface area contributed by atoms with Gasteiger partial charge in [0.25, 0.3) is 0 Å². The number of nitrogens with zero attached hydrogens (tertiary/aromatic N) is 1. The molecule has 0 saturated carbocycles. The minimum Gasteiger partial charge on any atom is -0.441 e. The smallest absolute Gasteiger partial charge is 0.194 e. The number of aldehydes is 1. The van der Waals surface area contributed by atoms with E-state index in [0.29, 0.717) is 5.56 Å². The molecule has 0 unspecified atom stereocenters. The maximum Gasteiger partial charge on any atom is 0.194 e. The second-order valence-electron chi connectivity index (χ2n) is 4.12. The Hall–Kier alpha value is -1.77. The van der Waals surface area contributed by atoms with Crippen molar-refractivity contribution in [3.63, 3.8) is 0 Å². The van der Waals surface area contributed by atoms with Gasteiger partial charge in [0, 0.05) is 19.7 Å². The van der Waals surface area contributed by atoms with Crippen LogP contribution in [0, 0.1) is 0 Å². The SMILES string of the molecule is CC/C(C)=C(/Oc1ccc(C=O)cc1)N(C)C. The van der Waals surface area contributed by atoms with Crippen LogP contribution in [0.15, 0.2) is 35.7 Å². The van der Waals surface area contributed by atoms with E-state index in [0.717, 1.165) is 24.3 Å². The first-order valence-electron chi connectivity index (χ1n) is 5.68. The van der Waals surface area contributed by atoms with Crippen molar-refractivity contribution in [1.29, 1.82) is 0 Å². The highest BCUT2D eigenvalue weighted by atomic mass is 16.5. The summed E-state index contributed by atoms with van der Waals surface area (Å²) in [5, 5.41) is 0. The van der Waals surface area contributed by atoms with E-state index in [4.69, 9.17) is 4.74 Å². The zero-order chi connectivity index (χ0) is 12.8. The highest BCUT2D eigenvalue weighted by Gasteiger charge is 2.07. The standard InChI is InChI=1S/C14H19NO2/c1-5-11(2)14(15(3)4)17-13-8-6-12(10-16)7-9-13/h6-10H,5H2,1-4H3/b14-11+. The highest BCUT2D eigenvalue weighted by molar-refractivity contribution is 5.74. The largest absolute Gasteiger partial charge is 0.441 e. The summed E-state index contributed by atoms with van der Waals surface area (Å²) in [6.07, 6.45) is 1.77. The minimum absolute atomic E-state index is 0.653. The molecule has 0 fully saturated rings. The normalized spacial score (nSPS) is 11.8. The fourth-order valence-electron chi connectivity index (χ4n) is 1.44. The molecule has 17 heavy (non-hydrogen) atoms. The van der Waals surface area contributed by atoms with Gasteiger partial charge in [0.15, 0.2) is 5.88 Å². The second kappa shape index (κ2) is 6.09. The molecule has 0 atom stereocenters. The molecule has 1 aromatic rings.